The van der Waals surface area contributed by atoms with Crippen LogP contribution in [0.5, 0.6) is 5.75 Å². The molecule has 19 heavy (non-hydrogen) atoms. The molecule has 1 atom stereocenters. The van der Waals surface area contributed by atoms with Gasteiger partial charge in [-0.2, -0.15) is 0 Å². The summed E-state index contributed by atoms with van der Waals surface area (Å²) in [4.78, 5) is 0.515. The fourth-order valence-corrected chi connectivity index (χ4v) is 2.64. The molecule has 0 heterocycles. The van der Waals surface area contributed by atoms with Crippen LogP contribution in [0.3, 0.4) is 0 Å². The lowest BCUT2D eigenvalue weighted by molar-refractivity contribution is 0.329. The van der Waals surface area contributed by atoms with Crippen molar-refractivity contribution >= 4 is 28.8 Å². The molecular weight excluding hydrogens is 278 g/mol. The minimum Gasteiger partial charge on any atom is -0.493 e. The van der Waals surface area contributed by atoms with Gasteiger partial charge >= 0.3 is 0 Å². The van der Waals surface area contributed by atoms with Gasteiger partial charge in [-0.3, -0.25) is 0 Å². The Kier molecular flexibility index (Phi) is 6.08. The van der Waals surface area contributed by atoms with E-state index in [4.69, 9.17) is 34.3 Å². The normalized spacial score (nSPS) is 12.5. The summed E-state index contributed by atoms with van der Waals surface area (Å²) in [7, 11) is 0. The molecule has 1 unspecified atom stereocenters. The lowest BCUT2D eigenvalue weighted by Crippen LogP contribution is -2.13. The fourth-order valence-electron chi connectivity index (χ4n) is 2.15. The first kappa shape index (κ1) is 16.3. The van der Waals surface area contributed by atoms with Crippen molar-refractivity contribution in [1.29, 1.82) is 0 Å². The van der Waals surface area contributed by atoms with Gasteiger partial charge in [0.15, 0.2) is 0 Å². The number of thiocarbonyl (C=S) groups is 1. The summed E-state index contributed by atoms with van der Waals surface area (Å²) >= 11 is 11.2. The highest BCUT2D eigenvalue weighted by molar-refractivity contribution is 7.80. The van der Waals surface area contributed by atoms with E-state index in [1.54, 1.807) is 0 Å². The first-order valence-electron chi connectivity index (χ1n) is 6.61. The van der Waals surface area contributed by atoms with Crippen LogP contribution in [-0.2, 0) is 0 Å². The summed E-state index contributed by atoms with van der Waals surface area (Å²) in [5, 5.41) is 0.733. The van der Waals surface area contributed by atoms with Crippen LogP contribution in [0.1, 0.15) is 57.1 Å². The highest BCUT2D eigenvalue weighted by Gasteiger charge is 2.19. The van der Waals surface area contributed by atoms with Crippen LogP contribution in [0, 0.1) is 0 Å². The lowest BCUT2D eigenvalue weighted by atomic mass is 9.91. The Hall–Kier alpha value is -0.800. The average molecular weight is 300 g/mol. The molecule has 2 N–H and O–H groups in total. The second-order valence-electron chi connectivity index (χ2n) is 5.07. The molecule has 0 amide bonds. The summed E-state index contributed by atoms with van der Waals surface area (Å²) in [5.74, 6) is 1.50. The van der Waals surface area contributed by atoms with Gasteiger partial charge in [0, 0.05) is 11.4 Å². The number of hydrogen-bond donors (Lipinski definition) is 1. The van der Waals surface area contributed by atoms with E-state index in [0.29, 0.717) is 23.9 Å². The van der Waals surface area contributed by atoms with Crippen molar-refractivity contribution in [1.82, 2.24) is 0 Å². The summed E-state index contributed by atoms with van der Waals surface area (Å²) in [6, 6.07) is 3.94. The standard InChI is InChI=1S/C15H22ClNOS/c1-5-18-15-12(9(2)3)7-11(16)8-13(15)10(4)6-14(17)19/h7-10H,5-6H2,1-4H3,(H2,17,19). The monoisotopic (exact) mass is 299 g/mol. The summed E-state index contributed by atoms with van der Waals surface area (Å²) < 4.78 is 5.84. The molecule has 0 saturated carbocycles. The van der Waals surface area contributed by atoms with Crippen LogP contribution >= 0.6 is 23.8 Å². The zero-order chi connectivity index (χ0) is 14.6. The van der Waals surface area contributed by atoms with Gasteiger partial charge in [-0.15, -0.1) is 0 Å². The Bertz CT molecular complexity index is 460. The summed E-state index contributed by atoms with van der Waals surface area (Å²) in [5.41, 5.74) is 7.88. The van der Waals surface area contributed by atoms with Gasteiger partial charge in [-0.1, -0.05) is 44.6 Å². The molecule has 1 aromatic rings. The van der Waals surface area contributed by atoms with E-state index in [0.717, 1.165) is 21.9 Å². The number of rotatable bonds is 6. The van der Waals surface area contributed by atoms with Crippen LogP contribution in [0.15, 0.2) is 12.1 Å². The van der Waals surface area contributed by atoms with Gasteiger partial charge in [0.25, 0.3) is 0 Å². The van der Waals surface area contributed by atoms with Gasteiger partial charge in [-0.05, 0) is 42.0 Å². The largest absolute Gasteiger partial charge is 0.493 e. The third-order valence-corrected chi connectivity index (χ3v) is 3.45. The molecule has 0 saturated heterocycles. The van der Waals surface area contributed by atoms with E-state index in [1.165, 1.54) is 0 Å². The van der Waals surface area contributed by atoms with Gasteiger partial charge in [-0.25, -0.2) is 0 Å². The molecule has 1 rings (SSSR count). The highest BCUT2D eigenvalue weighted by atomic mass is 35.5. The van der Waals surface area contributed by atoms with Crippen LogP contribution in [-0.4, -0.2) is 11.6 Å². The zero-order valence-corrected chi connectivity index (χ0v) is 13.6. The molecule has 4 heteroatoms. The van der Waals surface area contributed by atoms with E-state index in [-0.39, 0.29) is 5.92 Å². The number of nitrogens with two attached hydrogens (primary N) is 1. The SMILES string of the molecule is CCOc1c(C(C)C)cc(Cl)cc1C(C)CC(N)=S. The second-order valence-corrected chi connectivity index (χ2v) is 6.03. The predicted octanol–water partition coefficient (Wildman–Crippen LogP) is 4.64. The molecule has 106 valence electrons. The van der Waals surface area contributed by atoms with E-state index < -0.39 is 0 Å². The number of halogens is 1. The number of ether oxygens (including phenoxy) is 1. The maximum atomic E-state index is 6.23. The maximum absolute atomic E-state index is 6.23. The van der Waals surface area contributed by atoms with E-state index in [1.807, 2.05) is 19.1 Å². The Labute approximate surface area is 126 Å². The second kappa shape index (κ2) is 7.11. The topological polar surface area (TPSA) is 35.2 Å². The smallest absolute Gasteiger partial charge is 0.126 e. The molecule has 0 fully saturated rings. The number of hydrogen-bond acceptors (Lipinski definition) is 2. The van der Waals surface area contributed by atoms with Crippen molar-refractivity contribution in [2.24, 2.45) is 5.73 Å². The molecule has 0 aliphatic carbocycles. The number of benzene rings is 1. The highest BCUT2D eigenvalue weighted by Crippen LogP contribution is 2.38. The minimum atomic E-state index is 0.204. The van der Waals surface area contributed by atoms with E-state index in [9.17, 15) is 0 Å². The molecule has 1 aromatic carbocycles. The van der Waals surface area contributed by atoms with Gasteiger partial charge in [0.05, 0.1) is 11.6 Å². The van der Waals surface area contributed by atoms with Crippen LogP contribution in [0.25, 0.3) is 0 Å². The quantitative estimate of drug-likeness (QED) is 0.777. The maximum Gasteiger partial charge on any atom is 0.126 e. The molecule has 0 radical (unpaired) electrons. The van der Waals surface area contributed by atoms with Gasteiger partial charge in [0.1, 0.15) is 5.75 Å². The van der Waals surface area contributed by atoms with Crippen molar-refractivity contribution in [2.75, 3.05) is 6.61 Å². The molecule has 0 spiro atoms. The predicted molar refractivity (Wildman–Crippen MR) is 86.5 cm³/mol. The van der Waals surface area contributed by atoms with Crippen LogP contribution < -0.4 is 10.5 Å². The fraction of sp³-hybridized carbons (Fsp3) is 0.533. The third kappa shape index (κ3) is 4.36. The van der Waals surface area contributed by atoms with Crippen molar-refractivity contribution in [3.63, 3.8) is 0 Å². The Morgan fingerprint density at radius 3 is 2.37 bits per heavy atom. The van der Waals surface area contributed by atoms with Crippen LogP contribution in [0.2, 0.25) is 5.02 Å². The van der Waals surface area contributed by atoms with Crippen molar-refractivity contribution in [3.05, 3.63) is 28.3 Å². The summed E-state index contributed by atoms with van der Waals surface area (Å²) in [6.07, 6.45) is 0.660. The molecule has 0 aliphatic rings. The Balaban J connectivity index is 3.30. The Morgan fingerprint density at radius 1 is 1.32 bits per heavy atom. The lowest BCUT2D eigenvalue weighted by Gasteiger charge is -2.21. The van der Waals surface area contributed by atoms with Gasteiger partial charge < -0.3 is 10.5 Å². The summed E-state index contributed by atoms with van der Waals surface area (Å²) in [6.45, 7) is 8.98. The first-order chi connectivity index (χ1) is 8.86. The molecule has 0 aromatic heterocycles. The zero-order valence-electron chi connectivity index (χ0n) is 12.0. The molecule has 0 aliphatic heterocycles. The molecule has 2 nitrogen and oxygen atoms in total. The average Bonchev–Trinajstić information content (AvgIpc) is 2.29. The van der Waals surface area contributed by atoms with Crippen molar-refractivity contribution in [2.45, 2.75) is 46.0 Å². The van der Waals surface area contributed by atoms with Crippen molar-refractivity contribution < 1.29 is 4.74 Å². The van der Waals surface area contributed by atoms with E-state index in [2.05, 4.69) is 20.8 Å². The van der Waals surface area contributed by atoms with Crippen LogP contribution in [0.4, 0.5) is 0 Å². The first-order valence-corrected chi connectivity index (χ1v) is 7.39. The molecule has 0 bridgehead atoms. The van der Waals surface area contributed by atoms with Crippen molar-refractivity contribution in [3.8, 4) is 5.75 Å². The Morgan fingerprint density at radius 2 is 1.89 bits per heavy atom. The third-order valence-electron chi connectivity index (χ3n) is 3.06. The molecular formula is C15H22ClNOS. The minimum absolute atomic E-state index is 0.204. The van der Waals surface area contributed by atoms with E-state index >= 15 is 0 Å². The van der Waals surface area contributed by atoms with Gasteiger partial charge in [0.2, 0.25) is 0 Å².